The van der Waals surface area contributed by atoms with Gasteiger partial charge in [-0.1, -0.05) is 53.6 Å². The Morgan fingerprint density at radius 3 is 2.10 bits per heavy atom. The van der Waals surface area contributed by atoms with Crippen LogP contribution in [0, 0.1) is 20.8 Å². The third kappa shape index (κ3) is 7.40. The molecule has 39 heavy (non-hydrogen) atoms. The van der Waals surface area contributed by atoms with Crippen molar-refractivity contribution >= 4 is 39.1 Å². The second-order valence-electron chi connectivity index (χ2n) is 10.0. The molecule has 7 nitrogen and oxygen atoms in total. The van der Waals surface area contributed by atoms with Gasteiger partial charge in [-0.3, -0.25) is 13.9 Å². The predicted molar refractivity (Wildman–Crippen MR) is 156 cm³/mol. The van der Waals surface area contributed by atoms with Crippen molar-refractivity contribution in [3.8, 4) is 0 Å². The molecule has 0 aromatic heterocycles. The van der Waals surface area contributed by atoms with Crippen LogP contribution in [-0.2, 0) is 26.2 Å². The fraction of sp³-hybridized carbons (Fsp3) is 0.333. The lowest BCUT2D eigenvalue weighted by atomic mass is 10.1. The van der Waals surface area contributed by atoms with Crippen molar-refractivity contribution in [3.05, 3.63) is 94.0 Å². The summed E-state index contributed by atoms with van der Waals surface area (Å²) in [5, 5.41) is 3.40. The molecule has 0 aliphatic heterocycles. The number of benzene rings is 3. The van der Waals surface area contributed by atoms with E-state index in [1.807, 2.05) is 40.7 Å². The number of hydrogen-bond donors (Lipinski definition) is 1. The number of nitrogens with one attached hydrogen (secondary N) is 1. The first-order valence-electron chi connectivity index (χ1n) is 12.8. The van der Waals surface area contributed by atoms with Crippen LogP contribution in [0.4, 0.5) is 5.69 Å². The van der Waals surface area contributed by atoms with E-state index in [4.69, 9.17) is 11.6 Å². The molecule has 3 aromatic carbocycles. The molecule has 1 N–H and O–H groups in total. The van der Waals surface area contributed by atoms with Gasteiger partial charge < -0.3 is 10.2 Å². The van der Waals surface area contributed by atoms with E-state index in [0.29, 0.717) is 10.7 Å². The summed E-state index contributed by atoms with van der Waals surface area (Å²) < 4.78 is 29.1. The molecule has 0 heterocycles. The third-order valence-electron chi connectivity index (χ3n) is 6.60. The van der Waals surface area contributed by atoms with E-state index in [9.17, 15) is 18.0 Å². The number of halogens is 1. The van der Waals surface area contributed by atoms with Crippen LogP contribution in [0.1, 0.15) is 43.0 Å². The Morgan fingerprint density at radius 1 is 0.897 bits per heavy atom. The lowest BCUT2D eigenvalue weighted by molar-refractivity contribution is -0.139. The van der Waals surface area contributed by atoms with Gasteiger partial charge in [-0.25, -0.2) is 8.42 Å². The fourth-order valence-electron chi connectivity index (χ4n) is 4.13. The Bertz CT molecular complexity index is 1420. The number of hydrogen-bond acceptors (Lipinski definition) is 4. The second kappa shape index (κ2) is 12.7. The average Bonchev–Trinajstić information content (AvgIpc) is 2.88. The quantitative estimate of drug-likeness (QED) is 0.354. The molecule has 0 radical (unpaired) electrons. The van der Waals surface area contributed by atoms with Gasteiger partial charge in [0, 0.05) is 17.6 Å². The number of carbonyl (C=O) groups excluding carboxylic acids is 2. The summed E-state index contributed by atoms with van der Waals surface area (Å²) >= 11 is 6.05. The molecule has 0 aliphatic rings. The van der Waals surface area contributed by atoms with Crippen LogP contribution in [0.3, 0.4) is 0 Å². The normalized spacial score (nSPS) is 12.2. The molecule has 0 saturated heterocycles. The number of nitrogens with zero attached hydrogens (tertiary/aromatic N) is 2. The largest absolute Gasteiger partial charge is 0.352 e. The average molecular weight is 570 g/mol. The standard InChI is InChI=1S/C30H36ClN3O4S/c1-20(2)32-30(36)24(6)33(18-25-12-14-26(31)15-13-25)29(35)19-34(28-9-7-8-22(4)23(28)5)39(37,38)27-16-10-21(3)11-17-27/h7-17,20,24H,18-19H2,1-6H3,(H,32,36)/t24-/m0/s1. The summed E-state index contributed by atoms with van der Waals surface area (Å²) in [6, 6.07) is 17.9. The van der Waals surface area contributed by atoms with Crippen LogP contribution in [0.25, 0.3) is 0 Å². The van der Waals surface area contributed by atoms with Crippen LogP contribution in [0.5, 0.6) is 0 Å². The monoisotopic (exact) mass is 569 g/mol. The SMILES string of the molecule is Cc1ccc(S(=O)(=O)N(CC(=O)N(Cc2ccc(Cl)cc2)[C@@H](C)C(=O)NC(C)C)c2cccc(C)c2C)cc1. The van der Waals surface area contributed by atoms with Gasteiger partial charge in [0.05, 0.1) is 10.6 Å². The van der Waals surface area contributed by atoms with Crippen molar-refractivity contribution in [3.63, 3.8) is 0 Å². The zero-order valence-electron chi connectivity index (χ0n) is 23.2. The van der Waals surface area contributed by atoms with Crippen LogP contribution in [-0.4, -0.2) is 43.8 Å². The number of anilines is 1. The van der Waals surface area contributed by atoms with E-state index in [0.717, 1.165) is 26.6 Å². The summed E-state index contributed by atoms with van der Waals surface area (Å²) in [6.45, 7) is 10.5. The Kier molecular flexibility index (Phi) is 9.80. The maximum atomic E-state index is 14.0. The van der Waals surface area contributed by atoms with Crippen LogP contribution >= 0.6 is 11.6 Å². The molecule has 0 spiro atoms. The molecule has 0 aliphatic carbocycles. The van der Waals surface area contributed by atoms with E-state index in [2.05, 4.69) is 5.32 Å². The van der Waals surface area contributed by atoms with Crippen molar-refractivity contribution in [2.75, 3.05) is 10.8 Å². The molecular formula is C30H36ClN3O4S. The third-order valence-corrected chi connectivity index (χ3v) is 8.62. The van der Waals surface area contributed by atoms with E-state index in [1.54, 1.807) is 55.5 Å². The second-order valence-corrected chi connectivity index (χ2v) is 12.3. The molecule has 3 rings (SSSR count). The lowest BCUT2D eigenvalue weighted by Gasteiger charge is -2.33. The number of carbonyl (C=O) groups is 2. The van der Waals surface area contributed by atoms with Crippen molar-refractivity contribution in [1.82, 2.24) is 10.2 Å². The van der Waals surface area contributed by atoms with Gasteiger partial charge in [0.25, 0.3) is 10.0 Å². The Balaban J connectivity index is 2.07. The number of aryl methyl sites for hydroxylation is 2. The summed E-state index contributed by atoms with van der Waals surface area (Å²) in [4.78, 5) is 28.4. The highest BCUT2D eigenvalue weighted by Gasteiger charge is 2.33. The highest BCUT2D eigenvalue weighted by molar-refractivity contribution is 7.92. The van der Waals surface area contributed by atoms with Gasteiger partial charge in [-0.2, -0.15) is 0 Å². The summed E-state index contributed by atoms with van der Waals surface area (Å²) in [6.07, 6.45) is 0. The van der Waals surface area contributed by atoms with Crippen molar-refractivity contribution < 1.29 is 18.0 Å². The molecule has 0 saturated carbocycles. The fourth-order valence-corrected chi connectivity index (χ4v) is 5.73. The van der Waals surface area contributed by atoms with Crippen molar-refractivity contribution in [1.29, 1.82) is 0 Å². The molecule has 1 atom stereocenters. The van der Waals surface area contributed by atoms with Gasteiger partial charge >= 0.3 is 0 Å². The first kappa shape index (κ1) is 30.2. The molecule has 3 aromatic rings. The molecule has 0 unspecified atom stereocenters. The minimum Gasteiger partial charge on any atom is -0.352 e. The summed E-state index contributed by atoms with van der Waals surface area (Å²) in [7, 11) is -4.11. The van der Waals surface area contributed by atoms with Gasteiger partial charge in [-0.05, 0) is 88.6 Å². The topological polar surface area (TPSA) is 86.8 Å². The number of sulfonamides is 1. The van der Waals surface area contributed by atoms with Crippen molar-refractivity contribution in [2.24, 2.45) is 0 Å². The molecule has 0 bridgehead atoms. The smallest absolute Gasteiger partial charge is 0.264 e. The Hall–Kier alpha value is -3.36. The van der Waals surface area contributed by atoms with Gasteiger partial charge in [-0.15, -0.1) is 0 Å². The van der Waals surface area contributed by atoms with Gasteiger partial charge in [0.2, 0.25) is 11.8 Å². The van der Waals surface area contributed by atoms with Crippen LogP contribution in [0.2, 0.25) is 5.02 Å². The maximum Gasteiger partial charge on any atom is 0.264 e. The Morgan fingerprint density at radius 2 is 1.51 bits per heavy atom. The molecule has 0 fully saturated rings. The lowest BCUT2D eigenvalue weighted by Crippen LogP contribution is -2.52. The minimum absolute atomic E-state index is 0.0802. The molecule has 2 amide bonds. The summed E-state index contributed by atoms with van der Waals surface area (Å²) in [5.41, 5.74) is 3.73. The first-order valence-corrected chi connectivity index (χ1v) is 14.6. The minimum atomic E-state index is -4.11. The summed E-state index contributed by atoms with van der Waals surface area (Å²) in [5.74, 6) is -0.833. The zero-order valence-corrected chi connectivity index (χ0v) is 24.8. The number of amides is 2. The number of rotatable bonds is 10. The van der Waals surface area contributed by atoms with Crippen LogP contribution in [0.15, 0.2) is 71.6 Å². The maximum absolute atomic E-state index is 14.0. The van der Waals surface area contributed by atoms with E-state index < -0.39 is 28.5 Å². The predicted octanol–water partition coefficient (Wildman–Crippen LogP) is 5.40. The van der Waals surface area contributed by atoms with Gasteiger partial charge in [0.15, 0.2) is 0 Å². The Labute approximate surface area is 236 Å². The highest BCUT2D eigenvalue weighted by atomic mass is 35.5. The molecular weight excluding hydrogens is 534 g/mol. The van der Waals surface area contributed by atoms with Crippen LogP contribution < -0.4 is 9.62 Å². The van der Waals surface area contributed by atoms with E-state index in [1.165, 1.54) is 17.0 Å². The van der Waals surface area contributed by atoms with E-state index >= 15 is 0 Å². The zero-order chi connectivity index (χ0) is 28.9. The van der Waals surface area contributed by atoms with Gasteiger partial charge in [0.1, 0.15) is 12.6 Å². The van der Waals surface area contributed by atoms with Crippen molar-refractivity contribution in [2.45, 2.75) is 65.1 Å². The highest BCUT2D eigenvalue weighted by Crippen LogP contribution is 2.29. The van der Waals surface area contributed by atoms with E-state index in [-0.39, 0.29) is 23.4 Å². The first-order chi connectivity index (χ1) is 18.3. The molecule has 208 valence electrons. The molecule has 9 heteroatoms.